The van der Waals surface area contributed by atoms with E-state index >= 15 is 0 Å². The van der Waals surface area contributed by atoms with E-state index in [1.165, 1.54) is 24.7 Å². The molecule has 0 saturated carbocycles. The minimum Gasteiger partial charge on any atom is -0.378 e. The fraction of sp³-hybridized carbons (Fsp3) is 0.273. The Morgan fingerprint density at radius 1 is 1.14 bits per heavy atom. The van der Waals surface area contributed by atoms with Crippen LogP contribution < -0.4 is 10.2 Å². The highest BCUT2D eigenvalue weighted by Gasteiger charge is 2.20. The Hall–Kier alpha value is -4.20. The summed E-state index contributed by atoms with van der Waals surface area (Å²) in [4.78, 5) is 13.6. The van der Waals surface area contributed by atoms with E-state index in [0.29, 0.717) is 70.7 Å². The van der Waals surface area contributed by atoms with Gasteiger partial charge >= 0.3 is 6.55 Å². The first kappa shape index (κ1) is 22.3. The summed E-state index contributed by atoms with van der Waals surface area (Å²) in [6, 6.07) is 4.28. The molecular weight excluding hydrogens is 482 g/mol. The molecule has 0 bridgehead atoms. The van der Waals surface area contributed by atoms with Crippen LogP contribution in [0.15, 0.2) is 36.8 Å². The number of halogens is 4. The lowest BCUT2D eigenvalue weighted by atomic mass is 10.3. The highest BCUT2D eigenvalue weighted by molar-refractivity contribution is 5.77. The van der Waals surface area contributed by atoms with Gasteiger partial charge in [0.25, 0.3) is 0 Å². The van der Waals surface area contributed by atoms with Crippen LogP contribution in [0.5, 0.6) is 0 Å². The topological polar surface area (TPSA) is 101 Å². The molecule has 1 aliphatic rings. The second-order valence-corrected chi connectivity index (χ2v) is 8.18. The van der Waals surface area contributed by atoms with Crippen molar-refractivity contribution in [2.24, 2.45) is 0 Å². The Balaban J connectivity index is 1.38. The molecule has 14 heteroatoms. The number of aromatic amines is 1. The Morgan fingerprint density at radius 3 is 2.75 bits per heavy atom. The molecule has 186 valence electrons. The number of aromatic nitrogens is 7. The molecule has 1 aromatic carbocycles. The van der Waals surface area contributed by atoms with Crippen molar-refractivity contribution in [2.75, 3.05) is 36.5 Å². The molecule has 0 unspecified atom stereocenters. The SMILES string of the molecule is Fc1ccc2[nH]c(CNc3cc(N4CCOCC4)nn4c(-c5cnn(C(F)F)c5)cnc34)nc2c1F. The third kappa shape index (κ3) is 3.88. The van der Waals surface area contributed by atoms with Gasteiger partial charge in [-0.2, -0.15) is 13.9 Å². The van der Waals surface area contributed by atoms with E-state index in [0.717, 1.165) is 6.07 Å². The molecule has 0 aliphatic carbocycles. The van der Waals surface area contributed by atoms with Crippen molar-refractivity contribution in [1.29, 1.82) is 0 Å². The van der Waals surface area contributed by atoms with E-state index in [2.05, 4.69) is 25.4 Å². The molecule has 5 aromatic rings. The molecule has 0 amide bonds. The summed E-state index contributed by atoms with van der Waals surface area (Å²) in [6.45, 7) is -0.277. The van der Waals surface area contributed by atoms with E-state index in [4.69, 9.17) is 9.84 Å². The molecule has 10 nitrogen and oxygen atoms in total. The summed E-state index contributed by atoms with van der Waals surface area (Å²) in [5.41, 5.74) is 2.23. The zero-order valence-corrected chi connectivity index (χ0v) is 18.6. The Morgan fingerprint density at radius 2 is 1.97 bits per heavy atom. The molecule has 1 fully saturated rings. The van der Waals surface area contributed by atoms with Gasteiger partial charge in [0.05, 0.1) is 49.1 Å². The zero-order chi connectivity index (χ0) is 24.8. The van der Waals surface area contributed by atoms with E-state index in [9.17, 15) is 17.6 Å². The first-order valence-corrected chi connectivity index (χ1v) is 11.1. The number of imidazole rings is 2. The summed E-state index contributed by atoms with van der Waals surface area (Å²) in [5, 5.41) is 11.6. The van der Waals surface area contributed by atoms with Gasteiger partial charge in [-0.25, -0.2) is 27.9 Å². The number of nitrogens with zero attached hydrogens (tertiary/aromatic N) is 7. The molecule has 1 saturated heterocycles. The molecule has 36 heavy (non-hydrogen) atoms. The fourth-order valence-corrected chi connectivity index (χ4v) is 4.14. The maximum atomic E-state index is 14.1. The van der Waals surface area contributed by atoms with E-state index in [1.807, 2.05) is 11.0 Å². The monoisotopic (exact) mass is 501 g/mol. The van der Waals surface area contributed by atoms with E-state index < -0.39 is 18.2 Å². The lowest BCUT2D eigenvalue weighted by molar-refractivity contribution is 0.0566. The molecule has 6 rings (SSSR count). The van der Waals surface area contributed by atoms with Gasteiger partial charge in [0, 0.05) is 30.9 Å². The van der Waals surface area contributed by atoms with Gasteiger partial charge in [-0.15, -0.1) is 5.10 Å². The molecule has 0 radical (unpaired) electrons. The number of rotatable bonds is 6. The third-order valence-corrected chi connectivity index (χ3v) is 5.93. The number of morpholine rings is 1. The van der Waals surface area contributed by atoms with Crippen LogP contribution >= 0.6 is 0 Å². The molecule has 5 heterocycles. The first-order valence-electron chi connectivity index (χ1n) is 11.1. The number of anilines is 2. The van der Waals surface area contributed by atoms with Crippen LogP contribution in [0.1, 0.15) is 12.4 Å². The summed E-state index contributed by atoms with van der Waals surface area (Å²) >= 11 is 0. The highest BCUT2D eigenvalue weighted by atomic mass is 19.3. The smallest absolute Gasteiger partial charge is 0.333 e. The Labute approximate surface area is 200 Å². The van der Waals surface area contributed by atoms with Crippen LogP contribution in [-0.2, 0) is 11.3 Å². The lowest BCUT2D eigenvalue weighted by Crippen LogP contribution is -2.37. The Kier molecular flexibility index (Phi) is 5.44. The van der Waals surface area contributed by atoms with Crippen LogP contribution in [0, 0.1) is 11.6 Å². The molecule has 2 N–H and O–H groups in total. The summed E-state index contributed by atoms with van der Waals surface area (Å²) in [7, 11) is 0. The van der Waals surface area contributed by atoms with Gasteiger partial charge in [0.2, 0.25) is 0 Å². The fourth-order valence-electron chi connectivity index (χ4n) is 4.14. The molecule has 0 atom stereocenters. The van der Waals surface area contributed by atoms with Crippen LogP contribution in [-0.4, -0.2) is 60.6 Å². The second kappa shape index (κ2) is 8.78. The van der Waals surface area contributed by atoms with Gasteiger partial charge in [0.1, 0.15) is 11.3 Å². The van der Waals surface area contributed by atoms with Crippen molar-refractivity contribution in [2.45, 2.75) is 13.1 Å². The average molecular weight is 501 g/mol. The number of H-pyrrole nitrogens is 1. The van der Waals surface area contributed by atoms with Gasteiger partial charge < -0.3 is 19.9 Å². The predicted molar refractivity (Wildman–Crippen MR) is 122 cm³/mol. The number of fused-ring (bicyclic) bond motifs is 2. The van der Waals surface area contributed by atoms with Gasteiger partial charge in [-0.05, 0) is 12.1 Å². The van der Waals surface area contributed by atoms with Gasteiger partial charge in [0.15, 0.2) is 23.1 Å². The number of nitrogens with one attached hydrogen (secondary N) is 2. The third-order valence-electron chi connectivity index (χ3n) is 5.93. The number of benzene rings is 1. The van der Waals surface area contributed by atoms with Crippen LogP contribution in [0.25, 0.3) is 27.9 Å². The number of hydrogen-bond acceptors (Lipinski definition) is 7. The van der Waals surface area contributed by atoms with Gasteiger partial charge in [-0.3, -0.25) is 0 Å². The summed E-state index contributed by atoms with van der Waals surface area (Å²) in [5.74, 6) is -0.966. The van der Waals surface area contributed by atoms with Crippen molar-refractivity contribution in [3.63, 3.8) is 0 Å². The van der Waals surface area contributed by atoms with Gasteiger partial charge in [-0.1, -0.05) is 0 Å². The van der Waals surface area contributed by atoms with Crippen molar-refractivity contribution in [3.05, 3.63) is 54.2 Å². The minimum absolute atomic E-state index is 0.0835. The number of ether oxygens (including phenoxy) is 1. The minimum atomic E-state index is -2.77. The lowest BCUT2D eigenvalue weighted by Gasteiger charge is -2.28. The second-order valence-electron chi connectivity index (χ2n) is 8.18. The van der Waals surface area contributed by atoms with Crippen molar-refractivity contribution >= 4 is 28.2 Å². The Bertz CT molecular complexity index is 1550. The highest BCUT2D eigenvalue weighted by Crippen LogP contribution is 2.28. The van der Waals surface area contributed by atoms with Crippen LogP contribution in [0.3, 0.4) is 0 Å². The zero-order valence-electron chi connectivity index (χ0n) is 18.6. The standard InChI is InChI=1S/C22H19F4N9O/c23-13-1-2-14-20(19(13)24)31-17(30-14)10-27-15-7-18(33-3-5-36-6-4-33)32-35-16(9-28-21(15)35)12-8-29-34(11-12)22(25)26/h1-2,7-9,11,22,27H,3-6,10H2,(H,30,31). The number of alkyl halides is 2. The molecule has 1 aliphatic heterocycles. The van der Waals surface area contributed by atoms with Crippen molar-refractivity contribution in [3.8, 4) is 11.3 Å². The van der Waals surface area contributed by atoms with Crippen molar-refractivity contribution in [1.82, 2.24) is 34.3 Å². The number of hydrogen-bond donors (Lipinski definition) is 2. The molecule has 0 spiro atoms. The van der Waals surface area contributed by atoms with E-state index in [-0.39, 0.29) is 12.1 Å². The largest absolute Gasteiger partial charge is 0.378 e. The summed E-state index contributed by atoms with van der Waals surface area (Å²) < 4.78 is 61.4. The maximum absolute atomic E-state index is 14.1. The van der Waals surface area contributed by atoms with Crippen molar-refractivity contribution < 1.29 is 22.3 Å². The maximum Gasteiger partial charge on any atom is 0.333 e. The predicted octanol–water partition coefficient (Wildman–Crippen LogP) is 3.59. The van der Waals surface area contributed by atoms with E-state index in [1.54, 1.807) is 4.52 Å². The molecule has 4 aromatic heterocycles. The normalized spacial score (nSPS) is 14.4. The molecular formula is C22H19F4N9O. The quantitative estimate of drug-likeness (QED) is 0.343. The van der Waals surface area contributed by atoms with Crippen LogP contribution in [0.4, 0.5) is 29.1 Å². The summed E-state index contributed by atoms with van der Waals surface area (Å²) in [6.07, 6.45) is 4.09. The first-order chi connectivity index (χ1) is 17.5. The van der Waals surface area contributed by atoms with Crippen LogP contribution in [0.2, 0.25) is 0 Å². The average Bonchev–Trinajstić information content (AvgIpc) is 3.63.